The molecule has 1 aromatic heterocycles. The lowest BCUT2D eigenvalue weighted by atomic mass is 9.76. The first-order valence-electron chi connectivity index (χ1n) is 9.04. The smallest absolute Gasteiger partial charge is 0.110 e. The van der Waals surface area contributed by atoms with Gasteiger partial charge in [-0.15, -0.1) is 0 Å². The monoisotopic (exact) mass is 272 g/mol. The van der Waals surface area contributed by atoms with Gasteiger partial charge in [-0.2, -0.15) is 0 Å². The molecule has 0 bridgehead atoms. The summed E-state index contributed by atoms with van der Waals surface area (Å²) in [6, 6.07) is 0. The van der Waals surface area contributed by atoms with Crippen molar-refractivity contribution in [3.63, 3.8) is 0 Å². The van der Waals surface area contributed by atoms with Gasteiger partial charge in [0, 0.05) is 11.5 Å². The topological polar surface area (TPSA) is 13.1 Å². The number of hydrogen-bond donors (Lipinski definition) is 0. The Kier molecular flexibility index (Phi) is 3.62. The molecule has 3 aliphatic rings. The van der Waals surface area contributed by atoms with Crippen LogP contribution in [0.3, 0.4) is 0 Å². The van der Waals surface area contributed by atoms with Gasteiger partial charge >= 0.3 is 0 Å². The van der Waals surface area contributed by atoms with Gasteiger partial charge in [-0.05, 0) is 55.9 Å². The molecule has 0 aliphatic heterocycles. The lowest BCUT2D eigenvalue weighted by molar-refractivity contribution is 0.341. The van der Waals surface area contributed by atoms with E-state index in [0.29, 0.717) is 0 Å². The van der Waals surface area contributed by atoms with Crippen LogP contribution in [0.5, 0.6) is 0 Å². The van der Waals surface area contributed by atoms with Crippen LogP contribution in [0.2, 0.25) is 0 Å². The number of hydrogen-bond acceptors (Lipinski definition) is 1. The normalized spacial score (nSPS) is 26.0. The van der Waals surface area contributed by atoms with Crippen molar-refractivity contribution in [1.29, 1.82) is 0 Å². The van der Waals surface area contributed by atoms with Crippen LogP contribution in [0.1, 0.15) is 112 Å². The van der Waals surface area contributed by atoms with Gasteiger partial charge in [0.25, 0.3) is 0 Å². The molecule has 1 heteroatoms. The van der Waals surface area contributed by atoms with Gasteiger partial charge in [-0.25, -0.2) is 0 Å². The Hall–Kier alpha value is -0.720. The molecule has 3 saturated carbocycles. The Balaban J connectivity index is 1.67. The SMILES string of the molecule is c1oc(C2CCC2)c(C2CCCC2)c1C1CCCCC1. The molecule has 4 rings (SSSR count). The lowest BCUT2D eigenvalue weighted by Crippen LogP contribution is -2.13. The summed E-state index contributed by atoms with van der Waals surface area (Å²) in [5.74, 6) is 3.84. The molecule has 20 heavy (non-hydrogen) atoms. The fourth-order valence-electron chi connectivity index (χ4n) is 4.76. The Bertz CT molecular complexity index is 442. The highest BCUT2D eigenvalue weighted by Crippen LogP contribution is 2.49. The van der Waals surface area contributed by atoms with Gasteiger partial charge < -0.3 is 4.42 Å². The summed E-state index contributed by atoms with van der Waals surface area (Å²) in [5, 5.41) is 0. The summed E-state index contributed by atoms with van der Waals surface area (Å²) in [6.45, 7) is 0. The van der Waals surface area contributed by atoms with Gasteiger partial charge in [-0.1, -0.05) is 38.5 Å². The quantitative estimate of drug-likeness (QED) is 0.633. The Morgan fingerprint density at radius 1 is 0.650 bits per heavy atom. The summed E-state index contributed by atoms with van der Waals surface area (Å²) in [6.07, 6.45) is 19.2. The molecular weight excluding hydrogens is 244 g/mol. The van der Waals surface area contributed by atoms with E-state index in [1.54, 1.807) is 11.1 Å². The standard InChI is InChI=1S/C19H28O/c1-2-7-14(8-3-1)17-13-20-19(16-11-6-12-16)18(17)15-9-4-5-10-15/h13-16H,1-12H2. The van der Waals surface area contributed by atoms with E-state index in [-0.39, 0.29) is 0 Å². The maximum Gasteiger partial charge on any atom is 0.110 e. The van der Waals surface area contributed by atoms with Crippen molar-refractivity contribution in [3.8, 4) is 0 Å². The van der Waals surface area contributed by atoms with Crippen molar-refractivity contribution in [2.24, 2.45) is 0 Å². The van der Waals surface area contributed by atoms with E-state index in [4.69, 9.17) is 4.42 Å². The summed E-state index contributed by atoms with van der Waals surface area (Å²) in [5.41, 5.74) is 3.35. The average Bonchev–Trinajstić information content (AvgIpc) is 3.06. The molecule has 1 aromatic rings. The molecule has 0 unspecified atom stereocenters. The van der Waals surface area contributed by atoms with E-state index in [1.165, 1.54) is 82.8 Å². The first-order chi connectivity index (χ1) is 9.93. The van der Waals surface area contributed by atoms with Gasteiger partial charge in [-0.3, -0.25) is 0 Å². The summed E-state index contributed by atoms with van der Waals surface area (Å²) in [4.78, 5) is 0. The van der Waals surface area contributed by atoms with Crippen molar-refractivity contribution in [2.45, 2.75) is 94.8 Å². The van der Waals surface area contributed by atoms with Crippen LogP contribution < -0.4 is 0 Å². The molecule has 1 heterocycles. The molecule has 110 valence electrons. The van der Waals surface area contributed by atoms with Crippen LogP contribution in [-0.4, -0.2) is 0 Å². The fourth-order valence-corrected chi connectivity index (χ4v) is 4.76. The molecule has 3 fully saturated rings. The second-order valence-corrected chi connectivity index (χ2v) is 7.41. The molecule has 0 spiro atoms. The van der Waals surface area contributed by atoms with Gasteiger partial charge in [0.15, 0.2) is 0 Å². The maximum absolute atomic E-state index is 6.17. The van der Waals surface area contributed by atoms with Crippen molar-refractivity contribution >= 4 is 0 Å². The molecule has 0 aromatic carbocycles. The van der Waals surface area contributed by atoms with Crippen LogP contribution in [0.15, 0.2) is 10.7 Å². The predicted octanol–water partition coefficient (Wildman–Crippen LogP) is 6.25. The average molecular weight is 272 g/mol. The maximum atomic E-state index is 6.17. The van der Waals surface area contributed by atoms with E-state index in [9.17, 15) is 0 Å². The third-order valence-corrected chi connectivity index (χ3v) is 6.17. The summed E-state index contributed by atoms with van der Waals surface area (Å²) in [7, 11) is 0. The first kappa shape index (κ1) is 13.0. The van der Waals surface area contributed by atoms with Crippen molar-refractivity contribution < 1.29 is 4.42 Å². The van der Waals surface area contributed by atoms with Crippen LogP contribution in [0.4, 0.5) is 0 Å². The minimum atomic E-state index is 0.767. The van der Waals surface area contributed by atoms with Crippen LogP contribution >= 0.6 is 0 Å². The minimum absolute atomic E-state index is 0.767. The van der Waals surface area contributed by atoms with Crippen molar-refractivity contribution in [3.05, 3.63) is 23.2 Å². The molecule has 0 radical (unpaired) electrons. The van der Waals surface area contributed by atoms with Gasteiger partial charge in [0.1, 0.15) is 5.76 Å². The molecule has 0 saturated heterocycles. The van der Waals surface area contributed by atoms with Crippen LogP contribution in [0.25, 0.3) is 0 Å². The van der Waals surface area contributed by atoms with Crippen LogP contribution in [0, 0.1) is 0 Å². The predicted molar refractivity (Wildman–Crippen MR) is 82.3 cm³/mol. The molecule has 1 nitrogen and oxygen atoms in total. The Labute approximate surface area is 123 Å². The molecular formula is C19H28O. The van der Waals surface area contributed by atoms with Crippen LogP contribution in [-0.2, 0) is 0 Å². The highest BCUT2D eigenvalue weighted by molar-refractivity contribution is 5.38. The van der Waals surface area contributed by atoms with E-state index in [1.807, 2.05) is 0 Å². The Morgan fingerprint density at radius 3 is 1.90 bits per heavy atom. The lowest BCUT2D eigenvalue weighted by Gasteiger charge is -2.28. The zero-order chi connectivity index (χ0) is 13.4. The third kappa shape index (κ3) is 2.23. The second-order valence-electron chi connectivity index (χ2n) is 7.41. The highest BCUT2D eigenvalue weighted by Gasteiger charge is 2.34. The molecule has 0 atom stereocenters. The van der Waals surface area contributed by atoms with Crippen molar-refractivity contribution in [1.82, 2.24) is 0 Å². The molecule has 0 amide bonds. The van der Waals surface area contributed by atoms with E-state index in [2.05, 4.69) is 6.26 Å². The van der Waals surface area contributed by atoms with E-state index < -0.39 is 0 Å². The zero-order valence-electron chi connectivity index (χ0n) is 12.7. The largest absolute Gasteiger partial charge is 0.468 e. The van der Waals surface area contributed by atoms with E-state index in [0.717, 1.165) is 17.8 Å². The summed E-state index contributed by atoms with van der Waals surface area (Å²) < 4.78 is 6.17. The zero-order valence-corrected chi connectivity index (χ0v) is 12.7. The Morgan fingerprint density at radius 2 is 1.25 bits per heavy atom. The van der Waals surface area contributed by atoms with E-state index >= 15 is 0 Å². The first-order valence-corrected chi connectivity index (χ1v) is 9.04. The van der Waals surface area contributed by atoms with Gasteiger partial charge in [0.05, 0.1) is 6.26 Å². The minimum Gasteiger partial charge on any atom is -0.468 e. The second kappa shape index (κ2) is 5.58. The molecule has 3 aliphatic carbocycles. The molecule has 0 N–H and O–H groups in total. The van der Waals surface area contributed by atoms with Gasteiger partial charge in [0.2, 0.25) is 0 Å². The number of rotatable bonds is 3. The summed E-state index contributed by atoms with van der Waals surface area (Å²) >= 11 is 0. The van der Waals surface area contributed by atoms with Crippen molar-refractivity contribution in [2.75, 3.05) is 0 Å². The number of furan rings is 1. The highest BCUT2D eigenvalue weighted by atomic mass is 16.3. The third-order valence-electron chi connectivity index (χ3n) is 6.17. The fraction of sp³-hybridized carbons (Fsp3) is 0.789.